The molecule has 0 bridgehead atoms. The molecule has 0 unspecified atom stereocenters. The van der Waals surface area contributed by atoms with Gasteiger partial charge in [-0.3, -0.25) is 0 Å². The summed E-state index contributed by atoms with van der Waals surface area (Å²) in [5.74, 6) is 0. The maximum atomic E-state index is 3.76. The van der Waals surface area contributed by atoms with E-state index in [0.29, 0.717) is 0 Å². The summed E-state index contributed by atoms with van der Waals surface area (Å²) in [5.41, 5.74) is 4.92. The first-order chi connectivity index (χ1) is 7.69. The highest BCUT2D eigenvalue weighted by atomic mass is 14.0. The summed E-state index contributed by atoms with van der Waals surface area (Å²) in [6, 6.07) is 4.28. The van der Waals surface area contributed by atoms with Gasteiger partial charge in [0.15, 0.2) is 0 Å². The first kappa shape index (κ1) is 17.1. The predicted molar refractivity (Wildman–Crippen MR) is 78.8 cm³/mol. The molecule has 0 atom stereocenters. The lowest BCUT2D eigenvalue weighted by Crippen LogP contribution is -1.86. The Morgan fingerprint density at radius 3 is 1.19 bits per heavy atom. The molecule has 0 aliphatic carbocycles. The quantitative estimate of drug-likeness (QED) is 0.602. The molecule has 0 radical (unpaired) electrons. The lowest BCUT2D eigenvalue weighted by molar-refractivity contribution is 1.33. The van der Waals surface area contributed by atoms with Gasteiger partial charge in [-0.05, 0) is 36.1 Å². The standard InChI is InChI=1S/C12H14.2C2H6/c1-5-11-7-9(3)10(4)8-12(11)6-2;2*1-2/h5-8H,1-2H2,3-4H3;2*1-2H3. The molecule has 0 N–H and O–H groups in total. The predicted octanol–water partition coefficient (Wildman–Crippen LogP) is 5.64. The van der Waals surface area contributed by atoms with Gasteiger partial charge in [0.25, 0.3) is 0 Å². The van der Waals surface area contributed by atoms with Crippen LogP contribution in [0, 0.1) is 13.8 Å². The van der Waals surface area contributed by atoms with E-state index in [0.717, 1.165) is 11.1 Å². The molecule has 16 heavy (non-hydrogen) atoms. The largest absolute Gasteiger partial charge is 0.0984 e. The normalized spacial score (nSPS) is 7.88. The van der Waals surface area contributed by atoms with Gasteiger partial charge in [-0.25, -0.2) is 0 Å². The fraction of sp³-hybridized carbons (Fsp3) is 0.375. The summed E-state index contributed by atoms with van der Waals surface area (Å²) in [6.45, 7) is 19.7. The molecule has 90 valence electrons. The molecule has 0 nitrogen and oxygen atoms in total. The van der Waals surface area contributed by atoms with E-state index >= 15 is 0 Å². The van der Waals surface area contributed by atoms with Crippen LogP contribution in [0.3, 0.4) is 0 Å². The molecule has 0 fully saturated rings. The Morgan fingerprint density at radius 1 is 0.750 bits per heavy atom. The van der Waals surface area contributed by atoms with E-state index in [4.69, 9.17) is 0 Å². The Labute approximate surface area is 102 Å². The van der Waals surface area contributed by atoms with Crippen molar-refractivity contribution < 1.29 is 0 Å². The third kappa shape index (κ3) is 4.97. The molecule has 1 aromatic carbocycles. The van der Waals surface area contributed by atoms with E-state index in [1.165, 1.54) is 11.1 Å². The Balaban J connectivity index is 0. The Bertz CT molecular complexity index is 286. The highest BCUT2D eigenvalue weighted by Crippen LogP contribution is 2.17. The fourth-order valence-corrected chi connectivity index (χ4v) is 1.21. The van der Waals surface area contributed by atoms with E-state index < -0.39 is 0 Å². The summed E-state index contributed by atoms with van der Waals surface area (Å²) in [6.07, 6.45) is 3.73. The van der Waals surface area contributed by atoms with Crippen molar-refractivity contribution in [2.24, 2.45) is 0 Å². The fourth-order valence-electron chi connectivity index (χ4n) is 1.21. The lowest BCUT2D eigenvalue weighted by atomic mass is 10.00. The van der Waals surface area contributed by atoms with Crippen LogP contribution < -0.4 is 0 Å². The van der Waals surface area contributed by atoms with Crippen LogP contribution in [0.15, 0.2) is 25.3 Å². The van der Waals surface area contributed by atoms with Crippen LogP contribution in [-0.4, -0.2) is 0 Å². The SMILES string of the molecule is C=Cc1cc(C)c(C)cc1C=C.CC.CC. The van der Waals surface area contributed by atoms with E-state index in [-0.39, 0.29) is 0 Å². The van der Waals surface area contributed by atoms with Gasteiger partial charge in [0, 0.05) is 0 Å². The van der Waals surface area contributed by atoms with Crippen LogP contribution in [0.2, 0.25) is 0 Å². The van der Waals surface area contributed by atoms with Crippen LogP contribution in [0.25, 0.3) is 12.2 Å². The second kappa shape index (κ2) is 10.2. The zero-order valence-electron chi connectivity index (χ0n) is 11.7. The van der Waals surface area contributed by atoms with Gasteiger partial charge in [0.05, 0.1) is 0 Å². The maximum Gasteiger partial charge on any atom is -0.0187 e. The zero-order chi connectivity index (χ0) is 13.1. The van der Waals surface area contributed by atoms with Crippen LogP contribution >= 0.6 is 0 Å². The van der Waals surface area contributed by atoms with E-state index in [1.807, 2.05) is 39.8 Å². The molecular formula is C16H26. The first-order valence-corrected chi connectivity index (χ1v) is 6.05. The number of hydrogen-bond donors (Lipinski definition) is 0. The zero-order valence-corrected chi connectivity index (χ0v) is 11.7. The number of hydrogen-bond acceptors (Lipinski definition) is 0. The Hall–Kier alpha value is -1.30. The van der Waals surface area contributed by atoms with Gasteiger partial charge in [0.1, 0.15) is 0 Å². The minimum absolute atomic E-state index is 1.16. The molecule has 0 amide bonds. The van der Waals surface area contributed by atoms with Gasteiger partial charge in [-0.1, -0.05) is 65.1 Å². The molecule has 0 heteroatoms. The van der Waals surface area contributed by atoms with E-state index in [9.17, 15) is 0 Å². The topological polar surface area (TPSA) is 0 Å². The van der Waals surface area contributed by atoms with E-state index in [1.54, 1.807) is 0 Å². The van der Waals surface area contributed by atoms with Crippen molar-refractivity contribution >= 4 is 12.2 Å². The summed E-state index contributed by atoms with van der Waals surface area (Å²) >= 11 is 0. The molecule has 0 heterocycles. The molecule has 0 aliphatic heterocycles. The Morgan fingerprint density at radius 2 is 1.00 bits per heavy atom. The van der Waals surface area contributed by atoms with Crippen molar-refractivity contribution in [2.75, 3.05) is 0 Å². The van der Waals surface area contributed by atoms with Gasteiger partial charge < -0.3 is 0 Å². The van der Waals surface area contributed by atoms with E-state index in [2.05, 4.69) is 39.1 Å². The molecule has 0 spiro atoms. The number of benzene rings is 1. The highest BCUT2D eigenvalue weighted by molar-refractivity contribution is 5.65. The van der Waals surface area contributed by atoms with Gasteiger partial charge >= 0.3 is 0 Å². The van der Waals surface area contributed by atoms with Crippen molar-refractivity contribution in [3.63, 3.8) is 0 Å². The van der Waals surface area contributed by atoms with Gasteiger partial charge in [0.2, 0.25) is 0 Å². The summed E-state index contributed by atoms with van der Waals surface area (Å²) < 4.78 is 0. The third-order valence-electron chi connectivity index (χ3n) is 2.14. The van der Waals surface area contributed by atoms with Crippen molar-refractivity contribution in [3.8, 4) is 0 Å². The summed E-state index contributed by atoms with van der Waals surface area (Å²) in [5, 5.41) is 0. The van der Waals surface area contributed by atoms with Crippen LogP contribution in [-0.2, 0) is 0 Å². The highest BCUT2D eigenvalue weighted by Gasteiger charge is 1.98. The Kier molecular flexibility index (Phi) is 10.9. The van der Waals surface area contributed by atoms with Gasteiger partial charge in [-0.15, -0.1) is 0 Å². The van der Waals surface area contributed by atoms with Crippen molar-refractivity contribution in [3.05, 3.63) is 47.5 Å². The lowest BCUT2D eigenvalue weighted by Gasteiger charge is -2.05. The third-order valence-corrected chi connectivity index (χ3v) is 2.14. The number of aryl methyl sites for hydroxylation is 2. The molecule has 0 aliphatic rings. The monoisotopic (exact) mass is 218 g/mol. The summed E-state index contributed by atoms with van der Waals surface area (Å²) in [4.78, 5) is 0. The van der Waals surface area contributed by atoms with Crippen molar-refractivity contribution in [1.82, 2.24) is 0 Å². The summed E-state index contributed by atoms with van der Waals surface area (Å²) in [7, 11) is 0. The molecule has 0 aromatic heterocycles. The minimum Gasteiger partial charge on any atom is -0.0984 e. The maximum absolute atomic E-state index is 3.76. The van der Waals surface area contributed by atoms with Crippen LogP contribution in [0.4, 0.5) is 0 Å². The second-order valence-corrected chi connectivity index (χ2v) is 2.97. The molecule has 1 aromatic rings. The number of rotatable bonds is 2. The molecule has 0 saturated heterocycles. The average Bonchev–Trinajstić information content (AvgIpc) is 2.37. The van der Waals surface area contributed by atoms with Crippen molar-refractivity contribution in [1.29, 1.82) is 0 Å². The first-order valence-electron chi connectivity index (χ1n) is 6.05. The molecule has 1 rings (SSSR count). The van der Waals surface area contributed by atoms with Crippen LogP contribution in [0.1, 0.15) is 49.9 Å². The van der Waals surface area contributed by atoms with Crippen molar-refractivity contribution in [2.45, 2.75) is 41.5 Å². The molecular weight excluding hydrogens is 192 g/mol. The van der Waals surface area contributed by atoms with Crippen LogP contribution in [0.5, 0.6) is 0 Å². The molecule has 0 saturated carbocycles. The average molecular weight is 218 g/mol. The second-order valence-electron chi connectivity index (χ2n) is 2.97. The minimum atomic E-state index is 1.16. The smallest absolute Gasteiger partial charge is 0.0187 e. The van der Waals surface area contributed by atoms with Gasteiger partial charge in [-0.2, -0.15) is 0 Å².